The molecule has 80 valence electrons. The van der Waals surface area contributed by atoms with Crippen LogP contribution in [0.5, 0.6) is 0 Å². The molecule has 0 bridgehead atoms. The summed E-state index contributed by atoms with van der Waals surface area (Å²) in [5.74, 6) is 2.55. The molecular formula is C11H12O4. The molecule has 0 radical (unpaired) electrons. The van der Waals surface area contributed by atoms with Gasteiger partial charge in [0.1, 0.15) is 36.3 Å². The van der Waals surface area contributed by atoms with Crippen molar-refractivity contribution in [1.29, 1.82) is 0 Å². The molecule has 0 fully saturated rings. The SMILES string of the molecule is OCc1ccc(Cc2ccc(CO)o2)o1. The van der Waals surface area contributed by atoms with Crippen LogP contribution in [0.25, 0.3) is 0 Å². The second kappa shape index (κ2) is 4.33. The van der Waals surface area contributed by atoms with Gasteiger partial charge in [-0.05, 0) is 24.3 Å². The summed E-state index contributed by atoms with van der Waals surface area (Å²) in [5, 5.41) is 17.6. The fourth-order valence-corrected chi connectivity index (χ4v) is 1.38. The predicted octanol–water partition coefficient (Wildman–Crippen LogP) is 1.45. The third-order valence-corrected chi connectivity index (χ3v) is 2.09. The number of rotatable bonds is 4. The Balaban J connectivity index is 2.07. The Morgan fingerprint density at radius 1 is 0.733 bits per heavy atom. The van der Waals surface area contributed by atoms with Crippen molar-refractivity contribution in [2.75, 3.05) is 0 Å². The third kappa shape index (κ3) is 2.29. The molecule has 2 aromatic rings. The lowest BCUT2D eigenvalue weighted by molar-refractivity contribution is 0.239. The Morgan fingerprint density at radius 3 is 1.47 bits per heavy atom. The number of hydrogen-bond donors (Lipinski definition) is 2. The molecule has 4 heteroatoms. The molecule has 0 saturated heterocycles. The first-order chi connectivity index (χ1) is 7.31. The standard InChI is InChI=1S/C11H12O4/c12-6-10-3-1-8(14-10)5-9-2-4-11(7-13)15-9/h1-4,12-13H,5-7H2. The summed E-state index contributed by atoms with van der Waals surface area (Å²) in [5.41, 5.74) is 0. The molecule has 0 saturated carbocycles. The van der Waals surface area contributed by atoms with Crippen LogP contribution in [0.2, 0.25) is 0 Å². The number of aliphatic hydroxyl groups is 2. The summed E-state index contributed by atoms with van der Waals surface area (Å²) < 4.78 is 10.6. The van der Waals surface area contributed by atoms with Crippen LogP contribution in [0.3, 0.4) is 0 Å². The fourth-order valence-electron chi connectivity index (χ4n) is 1.38. The Labute approximate surface area is 86.8 Å². The van der Waals surface area contributed by atoms with E-state index in [4.69, 9.17) is 19.0 Å². The minimum absolute atomic E-state index is 0.0972. The van der Waals surface area contributed by atoms with Gasteiger partial charge in [0.05, 0.1) is 6.42 Å². The lowest BCUT2D eigenvalue weighted by Crippen LogP contribution is -1.82. The van der Waals surface area contributed by atoms with E-state index in [0.29, 0.717) is 17.9 Å². The van der Waals surface area contributed by atoms with Gasteiger partial charge in [0, 0.05) is 0 Å². The van der Waals surface area contributed by atoms with E-state index < -0.39 is 0 Å². The lowest BCUT2D eigenvalue weighted by atomic mass is 10.3. The van der Waals surface area contributed by atoms with Gasteiger partial charge in [-0.2, -0.15) is 0 Å². The Morgan fingerprint density at radius 2 is 1.13 bits per heavy atom. The van der Waals surface area contributed by atoms with E-state index in [2.05, 4.69) is 0 Å². The van der Waals surface area contributed by atoms with Gasteiger partial charge in [0.2, 0.25) is 0 Å². The van der Waals surface area contributed by atoms with Crippen molar-refractivity contribution in [3.63, 3.8) is 0 Å². The van der Waals surface area contributed by atoms with Gasteiger partial charge in [-0.1, -0.05) is 0 Å². The molecule has 0 amide bonds. The summed E-state index contributed by atoms with van der Waals surface area (Å²) in [6.07, 6.45) is 0.528. The molecule has 0 aliphatic rings. The molecule has 2 heterocycles. The minimum atomic E-state index is -0.0972. The van der Waals surface area contributed by atoms with Crippen molar-refractivity contribution in [3.05, 3.63) is 47.3 Å². The highest BCUT2D eigenvalue weighted by molar-refractivity contribution is 5.15. The first-order valence-electron chi connectivity index (χ1n) is 4.68. The quantitative estimate of drug-likeness (QED) is 0.798. The molecule has 0 atom stereocenters. The van der Waals surface area contributed by atoms with E-state index in [-0.39, 0.29) is 13.2 Å². The van der Waals surface area contributed by atoms with Crippen LogP contribution in [-0.2, 0) is 19.6 Å². The molecule has 2 aromatic heterocycles. The maximum atomic E-state index is 8.81. The van der Waals surface area contributed by atoms with Crippen molar-refractivity contribution in [2.24, 2.45) is 0 Å². The maximum Gasteiger partial charge on any atom is 0.129 e. The van der Waals surface area contributed by atoms with Gasteiger partial charge in [-0.3, -0.25) is 0 Å². The Kier molecular flexibility index (Phi) is 2.89. The van der Waals surface area contributed by atoms with Crippen molar-refractivity contribution in [3.8, 4) is 0 Å². The van der Waals surface area contributed by atoms with Gasteiger partial charge < -0.3 is 19.0 Å². The van der Waals surface area contributed by atoms with E-state index in [1.54, 1.807) is 24.3 Å². The molecule has 0 aliphatic heterocycles. The second-order valence-electron chi connectivity index (χ2n) is 3.23. The van der Waals surface area contributed by atoms with Crippen LogP contribution < -0.4 is 0 Å². The first-order valence-corrected chi connectivity index (χ1v) is 4.68. The van der Waals surface area contributed by atoms with Gasteiger partial charge in [-0.25, -0.2) is 0 Å². The van der Waals surface area contributed by atoms with Crippen molar-refractivity contribution in [2.45, 2.75) is 19.6 Å². The van der Waals surface area contributed by atoms with Crippen molar-refractivity contribution < 1.29 is 19.0 Å². The predicted molar refractivity (Wildman–Crippen MR) is 52.1 cm³/mol. The summed E-state index contributed by atoms with van der Waals surface area (Å²) in [6, 6.07) is 7.05. The molecular weight excluding hydrogens is 196 g/mol. The van der Waals surface area contributed by atoms with E-state index in [0.717, 1.165) is 11.5 Å². The molecule has 0 aliphatic carbocycles. The van der Waals surface area contributed by atoms with Gasteiger partial charge in [-0.15, -0.1) is 0 Å². The highest BCUT2D eigenvalue weighted by Crippen LogP contribution is 2.15. The second-order valence-corrected chi connectivity index (χ2v) is 3.23. The van der Waals surface area contributed by atoms with Crippen LogP contribution in [-0.4, -0.2) is 10.2 Å². The summed E-state index contributed by atoms with van der Waals surface area (Å²) >= 11 is 0. The number of aliphatic hydroxyl groups excluding tert-OH is 2. The lowest BCUT2D eigenvalue weighted by Gasteiger charge is -1.93. The summed E-state index contributed by atoms with van der Waals surface area (Å²) in [7, 11) is 0. The number of furan rings is 2. The van der Waals surface area contributed by atoms with Crippen LogP contribution in [0.15, 0.2) is 33.1 Å². The third-order valence-electron chi connectivity index (χ3n) is 2.09. The van der Waals surface area contributed by atoms with Crippen molar-refractivity contribution in [1.82, 2.24) is 0 Å². The molecule has 0 aromatic carbocycles. The van der Waals surface area contributed by atoms with E-state index in [9.17, 15) is 0 Å². The molecule has 2 N–H and O–H groups in total. The van der Waals surface area contributed by atoms with Gasteiger partial charge in [0.25, 0.3) is 0 Å². The van der Waals surface area contributed by atoms with Crippen molar-refractivity contribution >= 4 is 0 Å². The number of hydrogen-bond acceptors (Lipinski definition) is 4. The zero-order valence-corrected chi connectivity index (χ0v) is 8.14. The largest absolute Gasteiger partial charge is 0.463 e. The highest BCUT2D eigenvalue weighted by Gasteiger charge is 2.06. The molecule has 2 rings (SSSR count). The smallest absolute Gasteiger partial charge is 0.129 e. The zero-order valence-electron chi connectivity index (χ0n) is 8.14. The Bertz CT molecular complexity index is 387. The average Bonchev–Trinajstić information content (AvgIpc) is 2.87. The molecule has 4 nitrogen and oxygen atoms in total. The zero-order chi connectivity index (χ0) is 10.7. The normalized spacial score (nSPS) is 10.8. The van der Waals surface area contributed by atoms with E-state index in [1.807, 2.05) is 0 Å². The summed E-state index contributed by atoms with van der Waals surface area (Å²) in [6.45, 7) is -0.194. The topological polar surface area (TPSA) is 66.7 Å². The summed E-state index contributed by atoms with van der Waals surface area (Å²) in [4.78, 5) is 0. The van der Waals surface area contributed by atoms with E-state index >= 15 is 0 Å². The van der Waals surface area contributed by atoms with Gasteiger partial charge >= 0.3 is 0 Å². The fraction of sp³-hybridized carbons (Fsp3) is 0.273. The minimum Gasteiger partial charge on any atom is -0.463 e. The first kappa shape index (κ1) is 10.0. The van der Waals surface area contributed by atoms with Gasteiger partial charge in [0.15, 0.2) is 0 Å². The van der Waals surface area contributed by atoms with Crippen LogP contribution in [0.1, 0.15) is 23.0 Å². The van der Waals surface area contributed by atoms with Crippen LogP contribution in [0, 0.1) is 0 Å². The monoisotopic (exact) mass is 208 g/mol. The Hall–Kier alpha value is -1.52. The van der Waals surface area contributed by atoms with Crippen LogP contribution >= 0.6 is 0 Å². The molecule has 0 unspecified atom stereocenters. The molecule has 15 heavy (non-hydrogen) atoms. The maximum absolute atomic E-state index is 8.81. The molecule has 0 spiro atoms. The highest BCUT2D eigenvalue weighted by atomic mass is 16.4. The van der Waals surface area contributed by atoms with E-state index in [1.165, 1.54) is 0 Å². The van der Waals surface area contributed by atoms with Crippen LogP contribution in [0.4, 0.5) is 0 Å². The average molecular weight is 208 g/mol.